The number of ether oxygens (including phenoxy) is 1. The number of anilines is 1. The predicted octanol–water partition coefficient (Wildman–Crippen LogP) is 2.00. The number of morpholine rings is 1. The first-order chi connectivity index (χ1) is 10.6. The number of aryl methyl sites for hydroxylation is 1. The Labute approximate surface area is 129 Å². The number of aromatic nitrogens is 1. The highest BCUT2D eigenvalue weighted by Crippen LogP contribution is 2.29. The van der Waals surface area contributed by atoms with E-state index in [1.54, 1.807) is 6.92 Å². The average molecular weight is 297 g/mol. The number of para-hydroxylation sites is 1. The van der Waals surface area contributed by atoms with Gasteiger partial charge in [0.15, 0.2) is 0 Å². The number of pyridine rings is 1. The molecule has 5 heteroatoms. The molecule has 1 aliphatic heterocycles. The summed E-state index contributed by atoms with van der Waals surface area (Å²) in [5.74, 6) is 0.688. The normalized spacial score (nSPS) is 19.9. The summed E-state index contributed by atoms with van der Waals surface area (Å²) >= 11 is 0. The minimum absolute atomic E-state index is 0.256. The summed E-state index contributed by atoms with van der Waals surface area (Å²) in [5, 5.41) is 20.3. The Balaban J connectivity index is 2.08. The Morgan fingerprint density at radius 3 is 2.95 bits per heavy atom. The van der Waals surface area contributed by atoms with E-state index < -0.39 is 6.10 Å². The minimum Gasteiger partial charge on any atom is -0.391 e. The highest BCUT2D eigenvalue weighted by Gasteiger charge is 2.27. The van der Waals surface area contributed by atoms with Crippen LogP contribution in [-0.2, 0) is 4.74 Å². The number of aliphatic hydroxyl groups is 1. The zero-order valence-corrected chi connectivity index (χ0v) is 12.8. The van der Waals surface area contributed by atoms with Crippen LogP contribution in [0.3, 0.4) is 0 Å². The van der Waals surface area contributed by atoms with E-state index in [-0.39, 0.29) is 6.10 Å². The van der Waals surface area contributed by atoms with Gasteiger partial charge < -0.3 is 14.7 Å². The zero-order chi connectivity index (χ0) is 15.7. The van der Waals surface area contributed by atoms with Gasteiger partial charge in [0, 0.05) is 18.5 Å². The molecule has 2 atom stereocenters. The first-order valence-corrected chi connectivity index (χ1v) is 7.46. The second kappa shape index (κ2) is 5.91. The molecule has 22 heavy (non-hydrogen) atoms. The zero-order valence-electron chi connectivity index (χ0n) is 12.8. The molecule has 1 N–H and O–H groups in total. The summed E-state index contributed by atoms with van der Waals surface area (Å²) in [6.45, 7) is 5.41. The van der Waals surface area contributed by atoms with Crippen LogP contribution in [0.25, 0.3) is 10.9 Å². The Kier molecular flexibility index (Phi) is 3.97. The van der Waals surface area contributed by atoms with Crippen molar-refractivity contribution in [2.45, 2.75) is 26.1 Å². The van der Waals surface area contributed by atoms with Crippen molar-refractivity contribution in [3.8, 4) is 6.07 Å². The van der Waals surface area contributed by atoms with Gasteiger partial charge in [-0.2, -0.15) is 5.26 Å². The number of aliphatic hydroxyl groups excluding tert-OH is 1. The van der Waals surface area contributed by atoms with Crippen LogP contribution in [0.1, 0.15) is 18.1 Å². The van der Waals surface area contributed by atoms with Crippen LogP contribution < -0.4 is 4.90 Å². The summed E-state index contributed by atoms with van der Waals surface area (Å²) in [5.41, 5.74) is 2.43. The van der Waals surface area contributed by atoms with Crippen LogP contribution in [0, 0.1) is 18.3 Å². The SMILES string of the molecule is Cc1c(C#N)c(N2CCOC(C(C)O)C2)nc2ccccc12. The fourth-order valence-corrected chi connectivity index (χ4v) is 2.88. The molecule has 0 bridgehead atoms. The molecule has 0 amide bonds. The molecule has 0 aliphatic carbocycles. The Bertz CT molecular complexity index is 736. The Morgan fingerprint density at radius 2 is 2.23 bits per heavy atom. The minimum atomic E-state index is -0.546. The van der Waals surface area contributed by atoms with Gasteiger partial charge in [-0.3, -0.25) is 0 Å². The molecule has 3 rings (SSSR count). The van der Waals surface area contributed by atoms with E-state index in [0.29, 0.717) is 31.1 Å². The Hall–Kier alpha value is -2.16. The van der Waals surface area contributed by atoms with Gasteiger partial charge in [0.1, 0.15) is 18.0 Å². The van der Waals surface area contributed by atoms with Crippen molar-refractivity contribution < 1.29 is 9.84 Å². The third-order valence-corrected chi connectivity index (χ3v) is 4.18. The second-order valence-corrected chi connectivity index (χ2v) is 5.66. The number of hydrogen-bond donors (Lipinski definition) is 1. The number of hydrogen-bond acceptors (Lipinski definition) is 5. The lowest BCUT2D eigenvalue weighted by Crippen LogP contribution is -2.47. The molecule has 1 aliphatic rings. The van der Waals surface area contributed by atoms with E-state index >= 15 is 0 Å². The molecule has 0 saturated carbocycles. The molecule has 114 valence electrons. The standard InChI is InChI=1S/C17H19N3O2/c1-11-13-5-3-4-6-15(13)19-17(14(11)9-18)20-7-8-22-16(10-20)12(2)21/h3-6,12,16,21H,7-8,10H2,1-2H3. The van der Waals surface area contributed by atoms with Gasteiger partial charge in [0.25, 0.3) is 0 Å². The van der Waals surface area contributed by atoms with Crippen LogP contribution in [0.15, 0.2) is 24.3 Å². The summed E-state index contributed by atoms with van der Waals surface area (Å²) in [7, 11) is 0. The van der Waals surface area contributed by atoms with Crippen LogP contribution in [0.2, 0.25) is 0 Å². The van der Waals surface area contributed by atoms with E-state index in [1.807, 2.05) is 36.1 Å². The fraction of sp³-hybridized carbons (Fsp3) is 0.412. The van der Waals surface area contributed by atoms with Crippen molar-refractivity contribution in [1.82, 2.24) is 4.98 Å². The molecular formula is C17H19N3O2. The molecule has 0 spiro atoms. The number of rotatable bonds is 2. The van der Waals surface area contributed by atoms with Crippen LogP contribution >= 0.6 is 0 Å². The molecule has 1 saturated heterocycles. The monoisotopic (exact) mass is 297 g/mol. The van der Waals surface area contributed by atoms with Gasteiger partial charge in [-0.05, 0) is 25.5 Å². The molecule has 2 unspecified atom stereocenters. The number of nitrogens with zero attached hydrogens (tertiary/aromatic N) is 3. The van der Waals surface area contributed by atoms with Gasteiger partial charge in [-0.1, -0.05) is 18.2 Å². The molecule has 0 radical (unpaired) electrons. The van der Waals surface area contributed by atoms with Crippen molar-refractivity contribution in [2.24, 2.45) is 0 Å². The molecule has 2 heterocycles. The van der Waals surface area contributed by atoms with E-state index in [9.17, 15) is 10.4 Å². The number of nitriles is 1. The topological polar surface area (TPSA) is 69.4 Å². The quantitative estimate of drug-likeness (QED) is 0.918. The lowest BCUT2D eigenvalue weighted by molar-refractivity contribution is -0.0366. The largest absolute Gasteiger partial charge is 0.391 e. The van der Waals surface area contributed by atoms with Crippen LogP contribution in [0.4, 0.5) is 5.82 Å². The summed E-state index contributed by atoms with van der Waals surface area (Å²) < 4.78 is 5.58. The van der Waals surface area contributed by atoms with Crippen molar-refractivity contribution in [3.05, 3.63) is 35.4 Å². The smallest absolute Gasteiger partial charge is 0.147 e. The van der Waals surface area contributed by atoms with Gasteiger partial charge in [0.2, 0.25) is 0 Å². The highest BCUT2D eigenvalue weighted by atomic mass is 16.5. The second-order valence-electron chi connectivity index (χ2n) is 5.66. The lowest BCUT2D eigenvalue weighted by Gasteiger charge is -2.35. The maximum Gasteiger partial charge on any atom is 0.147 e. The van der Waals surface area contributed by atoms with Crippen molar-refractivity contribution in [3.63, 3.8) is 0 Å². The van der Waals surface area contributed by atoms with Crippen LogP contribution in [0.5, 0.6) is 0 Å². The van der Waals surface area contributed by atoms with E-state index in [2.05, 4.69) is 6.07 Å². The maximum atomic E-state index is 9.76. The molecular weight excluding hydrogens is 278 g/mol. The molecule has 5 nitrogen and oxygen atoms in total. The van der Waals surface area contributed by atoms with Gasteiger partial charge in [-0.25, -0.2) is 4.98 Å². The molecule has 2 aromatic rings. The average Bonchev–Trinajstić information content (AvgIpc) is 2.55. The Morgan fingerprint density at radius 1 is 1.45 bits per heavy atom. The predicted molar refractivity (Wildman–Crippen MR) is 84.8 cm³/mol. The van der Waals surface area contributed by atoms with E-state index in [0.717, 1.165) is 16.5 Å². The van der Waals surface area contributed by atoms with Crippen LogP contribution in [-0.4, -0.2) is 42.0 Å². The summed E-state index contributed by atoms with van der Waals surface area (Å²) in [4.78, 5) is 6.73. The third-order valence-electron chi connectivity index (χ3n) is 4.18. The van der Waals surface area contributed by atoms with Crippen molar-refractivity contribution >= 4 is 16.7 Å². The highest BCUT2D eigenvalue weighted by molar-refractivity contribution is 5.87. The first kappa shape index (κ1) is 14.8. The summed E-state index contributed by atoms with van der Waals surface area (Å²) in [6.07, 6.45) is -0.802. The lowest BCUT2D eigenvalue weighted by atomic mass is 10.0. The van der Waals surface area contributed by atoms with E-state index in [4.69, 9.17) is 9.72 Å². The molecule has 1 aromatic carbocycles. The first-order valence-electron chi connectivity index (χ1n) is 7.46. The fourth-order valence-electron chi connectivity index (χ4n) is 2.88. The van der Waals surface area contributed by atoms with Gasteiger partial charge in [-0.15, -0.1) is 0 Å². The molecule has 1 fully saturated rings. The van der Waals surface area contributed by atoms with Crippen molar-refractivity contribution in [1.29, 1.82) is 5.26 Å². The van der Waals surface area contributed by atoms with Gasteiger partial charge >= 0.3 is 0 Å². The number of benzene rings is 1. The third kappa shape index (κ3) is 2.52. The summed E-state index contributed by atoms with van der Waals surface area (Å²) in [6, 6.07) is 10.1. The van der Waals surface area contributed by atoms with Crippen molar-refractivity contribution in [2.75, 3.05) is 24.6 Å². The van der Waals surface area contributed by atoms with Gasteiger partial charge in [0.05, 0.1) is 23.8 Å². The number of fused-ring (bicyclic) bond motifs is 1. The molecule has 1 aromatic heterocycles. The maximum absolute atomic E-state index is 9.76. The van der Waals surface area contributed by atoms with E-state index in [1.165, 1.54) is 0 Å².